The van der Waals surface area contributed by atoms with E-state index in [0.717, 1.165) is 30.5 Å². The van der Waals surface area contributed by atoms with E-state index in [4.69, 9.17) is 27.6 Å². The zero-order valence-electron chi connectivity index (χ0n) is 15.5. The minimum atomic E-state index is 0.0167. The first kappa shape index (κ1) is 19.0. The summed E-state index contributed by atoms with van der Waals surface area (Å²) in [5.74, 6) is 1.27. The molecule has 1 aliphatic rings. The van der Waals surface area contributed by atoms with E-state index in [0.29, 0.717) is 27.4 Å². The number of aryl methyl sites for hydroxylation is 1. The van der Waals surface area contributed by atoms with Gasteiger partial charge in [0, 0.05) is 12.1 Å². The number of carbonyl (C=O) groups is 1. The fourth-order valence-electron chi connectivity index (χ4n) is 3.67. The van der Waals surface area contributed by atoms with Crippen molar-refractivity contribution in [3.63, 3.8) is 0 Å². The highest BCUT2D eigenvalue weighted by Gasteiger charge is 2.31. The molecule has 2 heterocycles. The molecule has 0 spiro atoms. The topological polar surface area (TPSA) is 46.3 Å². The van der Waals surface area contributed by atoms with Crippen molar-refractivity contribution in [3.8, 4) is 11.5 Å². The molecule has 0 bridgehead atoms. The predicted octanol–water partition coefficient (Wildman–Crippen LogP) is 5.86. The van der Waals surface area contributed by atoms with Gasteiger partial charge in [-0.15, -0.1) is 0 Å². The van der Waals surface area contributed by atoms with Crippen molar-refractivity contribution in [2.24, 2.45) is 0 Å². The van der Waals surface area contributed by atoms with Gasteiger partial charge in [0.05, 0.1) is 28.2 Å². The van der Waals surface area contributed by atoms with Crippen LogP contribution in [0.2, 0.25) is 10.0 Å². The summed E-state index contributed by atoms with van der Waals surface area (Å²) in [5.41, 5.74) is 2.60. The van der Waals surface area contributed by atoms with E-state index in [1.807, 2.05) is 54.3 Å². The van der Waals surface area contributed by atoms with Crippen LogP contribution >= 0.6 is 23.2 Å². The number of nitrogens with zero attached hydrogens (tertiary/aromatic N) is 2. The van der Waals surface area contributed by atoms with Crippen LogP contribution in [-0.2, 0) is 11.2 Å². The zero-order valence-corrected chi connectivity index (χ0v) is 17.0. The van der Waals surface area contributed by atoms with Crippen LogP contribution < -0.4 is 0 Å². The summed E-state index contributed by atoms with van der Waals surface area (Å²) >= 11 is 12.2. The van der Waals surface area contributed by atoms with Gasteiger partial charge in [-0.2, -0.15) is 0 Å². The second kappa shape index (κ2) is 7.98. The third-order valence-corrected chi connectivity index (χ3v) is 5.87. The summed E-state index contributed by atoms with van der Waals surface area (Å²) in [7, 11) is 0. The highest BCUT2D eigenvalue weighted by Crippen LogP contribution is 2.35. The van der Waals surface area contributed by atoms with E-state index in [1.54, 1.807) is 6.07 Å². The molecule has 144 valence electrons. The van der Waals surface area contributed by atoms with Crippen molar-refractivity contribution in [2.75, 3.05) is 6.54 Å². The van der Waals surface area contributed by atoms with Crippen molar-refractivity contribution in [1.29, 1.82) is 0 Å². The van der Waals surface area contributed by atoms with Crippen LogP contribution in [0, 0.1) is 6.92 Å². The molecule has 0 N–H and O–H groups in total. The van der Waals surface area contributed by atoms with Gasteiger partial charge in [0.25, 0.3) is 0 Å². The lowest BCUT2D eigenvalue weighted by Gasteiger charge is -2.25. The summed E-state index contributed by atoms with van der Waals surface area (Å²) in [6.07, 6.45) is 2.10. The maximum Gasteiger partial charge on any atom is 0.229 e. The van der Waals surface area contributed by atoms with Crippen LogP contribution in [0.15, 0.2) is 52.9 Å². The molecule has 1 amide bonds. The Kier molecular flexibility index (Phi) is 5.42. The van der Waals surface area contributed by atoms with Crippen LogP contribution in [0.1, 0.15) is 35.9 Å². The highest BCUT2D eigenvalue weighted by molar-refractivity contribution is 6.42. The van der Waals surface area contributed by atoms with Gasteiger partial charge in [-0.1, -0.05) is 47.5 Å². The van der Waals surface area contributed by atoms with E-state index >= 15 is 0 Å². The summed E-state index contributed by atoms with van der Waals surface area (Å²) in [6, 6.07) is 15.3. The first-order chi connectivity index (χ1) is 13.5. The molecule has 0 aliphatic carbocycles. The second-order valence-corrected chi connectivity index (χ2v) is 7.80. The van der Waals surface area contributed by atoms with Gasteiger partial charge in [0.2, 0.25) is 11.8 Å². The zero-order chi connectivity index (χ0) is 19.7. The van der Waals surface area contributed by atoms with E-state index < -0.39 is 0 Å². The lowest BCUT2D eigenvalue weighted by Crippen LogP contribution is -2.32. The van der Waals surface area contributed by atoms with Gasteiger partial charge < -0.3 is 9.32 Å². The Hall–Kier alpha value is -2.30. The molecule has 1 fully saturated rings. The molecular formula is C22H20Cl2N2O2. The first-order valence-electron chi connectivity index (χ1n) is 9.29. The van der Waals surface area contributed by atoms with Gasteiger partial charge >= 0.3 is 0 Å². The SMILES string of the molecule is Cc1oc(-c2ccccc2)nc1CC(=O)N1CCCC1c1ccc(Cl)c(Cl)c1. The smallest absolute Gasteiger partial charge is 0.229 e. The number of carbonyl (C=O) groups excluding carboxylic acids is 1. The average molecular weight is 415 g/mol. The summed E-state index contributed by atoms with van der Waals surface area (Å²) in [4.78, 5) is 19.5. The Morgan fingerprint density at radius 2 is 1.96 bits per heavy atom. The number of benzene rings is 2. The number of amides is 1. The van der Waals surface area contributed by atoms with Gasteiger partial charge in [0.15, 0.2) is 0 Å². The molecule has 0 radical (unpaired) electrons. The molecule has 4 rings (SSSR count). The Labute approximate surface area is 174 Å². The van der Waals surface area contributed by atoms with E-state index in [2.05, 4.69) is 4.98 Å². The Morgan fingerprint density at radius 1 is 1.18 bits per heavy atom. The monoisotopic (exact) mass is 414 g/mol. The van der Waals surface area contributed by atoms with Crippen LogP contribution in [-0.4, -0.2) is 22.3 Å². The average Bonchev–Trinajstić information content (AvgIpc) is 3.32. The highest BCUT2D eigenvalue weighted by atomic mass is 35.5. The van der Waals surface area contributed by atoms with E-state index in [-0.39, 0.29) is 18.4 Å². The second-order valence-electron chi connectivity index (χ2n) is 6.98. The molecule has 0 saturated carbocycles. The minimum Gasteiger partial charge on any atom is -0.441 e. The number of hydrogen-bond donors (Lipinski definition) is 0. The van der Waals surface area contributed by atoms with E-state index in [1.165, 1.54) is 0 Å². The lowest BCUT2D eigenvalue weighted by molar-refractivity contribution is -0.131. The van der Waals surface area contributed by atoms with Gasteiger partial charge in [-0.3, -0.25) is 4.79 Å². The number of rotatable bonds is 4. The molecule has 1 atom stereocenters. The standard InChI is InChI=1S/C22H20Cl2N2O2/c1-14-19(25-22(28-14)15-6-3-2-4-7-15)13-21(27)26-11-5-8-20(26)16-9-10-17(23)18(24)12-16/h2-4,6-7,9-10,12,20H,5,8,11,13H2,1H3. The largest absolute Gasteiger partial charge is 0.441 e. The Bertz CT molecular complexity index is 1000. The van der Waals surface area contributed by atoms with Gasteiger partial charge in [0.1, 0.15) is 5.76 Å². The molecule has 3 aromatic rings. The summed E-state index contributed by atoms with van der Waals surface area (Å²) in [5, 5.41) is 1.03. The fourth-order valence-corrected chi connectivity index (χ4v) is 3.98. The Morgan fingerprint density at radius 3 is 2.71 bits per heavy atom. The number of aromatic nitrogens is 1. The molecule has 1 unspecified atom stereocenters. The maximum atomic E-state index is 13.0. The van der Waals surface area contributed by atoms with Crippen molar-refractivity contribution in [3.05, 3.63) is 75.6 Å². The fraction of sp³-hybridized carbons (Fsp3) is 0.273. The number of likely N-dealkylation sites (tertiary alicyclic amines) is 1. The quantitative estimate of drug-likeness (QED) is 0.536. The molecular weight excluding hydrogens is 395 g/mol. The van der Waals surface area contributed by atoms with Gasteiger partial charge in [-0.25, -0.2) is 4.98 Å². The van der Waals surface area contributed by atoms with Gasteiger partial charge in [-0.05, 0) is 49.6 Å². The number of halogens is 2. The molecule has 28 heavy (non-hydrogen) atoms. The van der Waals surface area contributed by atoms with Crippen LogP contribution in [0.4, 0.5) is 0 Å². The maximum absolute atomic E-state index is 13.0. The van der Waals surface area contributed by atoms with Crippen LogP contribution in [0.25, 0.3) is 11.5 Å². The minimum absolute atomic E-state index is 0.0167. The van der Waals surface area contributed by atoms with Crippen LogP contribution in [0.3, 0.4) is 0 Å². The molecule has 4 nitrogen and oxygen atoms in total. The predicted molar refractivity (Wildman–Crippen MR) is 111 cm³/mol. The molecule has 1 saturated heterocycles. The third-order valence-electron chi connectivity index (χ3n) is 5.13. The summed E-state index contributed by atoms with van der Waals surface area (Å²) < 4.78 is 5.79. The third kappa shape index (κ3) is 3.80. The first-order valence-corrected chi connectivity index (χ1v) is 10.0. The van der Waals surface area contributed by atoms with Crippen molar-refractivity contribution in [2.45, 2.75) is 32.2 Å². The molecule has 6 heteroatoms. The van der Waals surface area contributed by atoms with E-state index in [9.17, 15) is 4.79 Å². The molecule has 2 aromatic carbocycles. The van der Waals surface area contributed by atoms with Crippen molar-refractivity contribution >= 4 is 29.1 Å². The number of oxazole rings is 1. The molecule has 1 aliphatic heterocycles. The molecule has 1 aromatic heterocycles. The summed E-state index contributed by atoms with van der Waals surface area (Å²) in [6.45, 7) is 2.58. The van der Waals surface area contributed by atoms with Crippen molar-refractivity contribution < 1.29 is 9.21 Å². The van der Waals surface area contributed by atoms with Crippen LogP contribution in [0.5, 0.6) is 0 Å². The Balaban J connectivity index is 1.53. The van der Waals surface area contributed by atoms with Crippen molar-refractivity contribution in [1.82, 2.24) is 9.88 Å². The number of hydrogen-bond acceptors (Lipinski definition) is 3. The normalized spacial score (nSPS) is 16.5. The lowest BCUT2D eigenvalue weighted by atomic mass is 10.0.